The predicted molar refractivity (Wildman–Crippen MR) is 59.0 cm³/mol. The fourth-order valence-corrected chi connectivity index (χ4v) is 2.74. The number of aromatic nitrogens is 3. The summed E-state index contributed by atoms with van der Waals surface area (Å²) in [6.45, 7) is 5.38. The van der Waals surface area contributed by atoms with Crippen LogP contribution in [0.1, 0.15) is 50.9 Å². The smallest absolute Gasteiger partial charge is 0.221 e. The Balaban J connectivity index is 1.99. The lowest BCUT2D eigenvalue weighted by atomic mass is 10.0. The van der Waals surface area contributed by atoms with Gasteiger partial charge >= 0.3 is 0 Å². The van der Waals surface area contributed by atoms with Gasteiger partial charge in [0.15, 0.2) is 5.82 Å². The highest BCUT2D eigenvalue weighted by molar-refractivity contribution is 5.30. The van der Waals surface area contributed by atoms with Crippen LogP contribution in [0.2, 0.25) is 0 Å². The first-order valence-corrected chi connectivity index (χ1v) is 5.96. The molecule has 0 saturated heterocycles. The van der Waals surface area contributed by atoms with E-state index in [0.717, 1.165) is 24.2 Å². The van der Waals surface area contributed by atoms with Crippen LogP contribution in [0.25, 0.3) is 0 Å². The molecule has 1 aromatic heterocycles. The third-order valence-corrected chi connectivity index (χ3v) is 3.62. The van der Waals surface area contributed by atoms with Crippen molar-refractivity contribution < 1.29 is 0 Å². The number of fused-ring (bicyclic) bond motifs is 3. The van der Waals surface area contributed by atoms with Crippen LogP contribution in [-0.4, -0.2) is 21.3 Å². The number of nitrogens with zero attached hydrogens (tertiary/aromatic N) is 3. The summed E-state index contributed by atoms with van der Waals surface area (Å²) < 4.78 is 2.14. The molecule has 1 aliphatic carbocycles. The van der Waals surface area contributed by atoms with Crippen molar-refractivity contribution in [3.63, 3.8) is 0 Å². The highest BCUT2D eigenvalue weighted by atomic mass is 15.4. The second kappa shape index (κ2) is 3.22. The average molecular weight is 206 g/mol. The first-order chi connectivity index (χ1) is 7.25. The summed E-state index contributed by atoms with van der Waals surface area (Å²) in [5.74, 6) is 3.16. The normalized spacial score (nSPS) is 28.7. The molecule has 0 bridgehead atoms. The zero-order valence-electron chi connectivity index (χ0n) is 9.40. The minimum atomic E-state index is 0.421. The van der Waals surface area contributed by atoms with Gasteiger partial charge in [-0.25, -0.2) is 4.68 Å². The van der Waals surface area contributed by atoms with E-state index in [2.05, 4.69) is 33.9 Å². The van der Waals surface area contributed by atoms with E-state index in [4.69, 9.17) is 0 Å². The molecule has 3 rings (SSSR count). The van der Waals surface area contributed by atoms with E-state index in [1.807, 2.05) is 0 Å². The molecule has 1 aromatic rings. The molecule has 0 radical (unpaired) electrons. The molecule has 0 aromatic carbocycles. The first kappa shape index (κ1) is 9.19. The van der Waals surface area contributed by atoms with E-state index in [1.54, 1.807) is 0 Å². The highest BCUT2D eigenvalue weighted by Gasteiger charge is 2.35. The van der Waals surface area contributed by atoms with E-state index in [-0.39, 0.29) is 0 Å². The Labute approximate surface area is 90.1 Å². The summed E-state index contributed by atoms with van der Waals surface area (Å²) in [6, 6.07) is 0.612. The Morgan fingerprint density at radius 3 is 3.07 bits per heavy atom. The fourth-order valence-electron chi connectivity index (χ4n) is 2.74. The van der Waals surface area contributed by atoms with E-state index < -0.39 is 0 Å². The maximum atomic E-state index is 4.64. The molecule has 2 unspecified atom stereocenters. The highest BCUT2D eigenvalue weighted by Crippen LogP contribution is 2.39. The van der Waals surface area contributed by atoms with E-state index in [0.29, 0.717) is 12.0 Å². The summed E-state index contributed by atoms with van der Waals surface area (Å²) >= 11 is 0. The predicted octanol–water partition coefficient (Wildman–Crippen LogP) is 2.17. The molecule has 0 spiro atoms. The molecule has 1 fully saturated rings. The fraction of sp³-hybridized carbons (Fsp3) is 0.818. The number of nitrogens with one attached hydrogen (secondary N) is 1. The number of rotatable bonds is 1. The molecule has 1 N–H and O–H groups in total. The Bertz CT molecular complexity index is 369. The van der Waals surface area contributed by atoms with Gasteiger partial charge in [0.1, 0.15) is 0 Å². The van der Waals surface area contributed by atoms with Gasteiger partial charge in [-0.1, -0.05) is 20.3 Å². The number of hydrogen-bond donors (Lipinski definition) is 1. The van der Waals surface area contributed by atoms with Gasteiger partial charge < -0.3 is 5.32 Å². The van der Waals surface area contributed by atoms with Crippen molar-refractivity contribution in [2.45, 2.75) is 45.1 Å². The van der Waals surface area contributed by atoms with Crippen molar-refractivity contribution in [2.75, 3.05) is 11.9 Å². The molecule has 2 heterocycles. The Kier molecular flexibility index (Phi) is 1.97. The zero-order valence-corrected chi connectivity index (χ0v) is 9.40. The van der Waals surface area contributed by atoms with Gasteiger partial charge in [-0.15, -0.1) is 0 Å². The van der Waals surface area contributed by atoms with Crippen LogP contribution >= 0.6 is 0 Å². The van der Waals surface area contributed by atoms with E-state index in [1.165, 1.54) is 19.3 Å². The summed E-state index contributed by atoms with van der Waals surface area (Å²) in [5, 5.41) is 8.03. The van der Waals surface area contributed by atoms with E-state index >= 15 is 0 Å². The number of anilines is 1. The lowest BCUT2D eigenvalue weighted by molar-refractivity contribution is 0.344. The van der Waals surface area contributed by atoms with Gasteiger partial charge in [0.2, 0.25) is 5.95 Å². The van der Waals surface area contributed by atoms with Gasteiger partial charge in [0, 0.05) is 12.5 Å². The maximum Gasteiger partial charge on any atom is 0.221 e. The van der Waals surface area contributed by atoms with Crippen molar-refractivity contribution in [1.82, 2.24) is 14.8 Å². The lowest BCUT2D eigenvalue weighted by Gasteiger charge is -2.26. The van der Waals surface area contributed by atoms with Crippen molar-refractivity contribution in [1.29, 1.82) is 0 Å². The van der Waals surface area contributed by atoms with Crippen molar-refractivity contribution in [3.8, 4) is 0 Å². The summed E-state index contributed by atoms with van der Waals surface area (Å²) in [5.41, 5.74) is 0. The minimum absolute atomic E-state index is 0.421. The molecule has 2 atom stereocenters. The van der Waals surface area contributed by atoms with Crippen molar-refractivity contribution in [2.24, 2.45) is 5.92 Å². The molecule has 2 aliphatic rings. The molecule has 1 aliphatic heterocycles. The van der Waals surface area contributed by atoms with E-state index in [9.17, 15) is 0 Å². The van der Waals surface area contributed by atoms with Gasteiger partial charge in [-0.2, -0.15) is 10.1 Å². The molecule has 4 heteroatoms. The lowest BCUT2D eigenvalue weighted by Crippen LogP contribution is -2.29. The van der Waals surface area contributed by atoms with Crippen LogP contribution in [0.4, 0.5) is 5.95 Å². The van der Waals surface area contributed by atoms with Crippen LogP contribution in [0.15, 0.2) is 0 Å². The number of hydrogen-bond acceptors (Lipinski definition) is 3. The summed E-state index contributed by atoms with van der Waals surface area (Å²) in [7, 11) is 0. The summed E-state index contributed by atoms with van der Waals surface area (Å²) in [6.07, 6.45) is 3.96. The molecular weight excluding hydrogens is 188 g/mol. The molecule has 0 amide bonds. The molecular formula is C11H18N4. The first-order valence-electron chi connectivity index (χ1n) is 5.96. The van der Waals surface area contributed by atoms with Crippen LogP contribution in [0, 0.1) is 5.92 Å². The van der Waals surface area contributed by atoms with Crippen LogP contribution in [0.5, 0.6) is 0 Å². The van der Waals surface area contributed by atoms with Crippen LogP contribution < -0.4 is 5.32 Å². The van der Waals surface area contributed by atoms with Gasteiger partial charge in [0.05, 0.1) is 6.04 Å². The van der Waals surface area contributed by atoms with Crippen LogP contribution in [0.3, 0.4) is 0 Å². The largest absolute Gasteiger partial charge is 0.354 e. The Morgan fingerprint density at radius 2 is 2.27 bits per heavy atom. The quantitative estimate of drug-likeness (QED) is 0.765. The van der Waals surface area contributed by atoms with Crippen molar-refractivity contribution >= 4 is 5.95 Å². The summed E-state index contributed by atoms with van der Waals surface area (Å²) in [4.78, 5) is 4.55. The van der Waals surface area contributed by atoms with Gasteiger partial charge in [0.25, 0.3) is 0 Å². The third kappa shape index (κ3) is 1.34. The Hall–Kier alpha value is -1.06. The monoisotopic (exact) mass is 206 g/mol. The SMILES string of the molecule is CC(C)c1nc2n(n1)C1CCCC1CN2. The second-order valence-corrected chi connectivity index (χ2v) is 5.03. The van der Waals surface area contributed by atoms with Crippen LogP contribution in [-0.2, 0) is 0 Å². The molecule has 4 nitrogen and oxygen atoms in total. The molecule has 15 heavy (non-hydrogen) atoms. The minimum Gasteiger partial charge on any atom is -0.354 e. The zero-order chi connectivity index (χ0) is 10.4. The standard InChI is InChI=1S/C11H18N4/c1-7(2)10-13-11-12-6-8-4-3-5-9(8)15(11)14-10/h7-9H,3-6H2,1-2H3,(H,12,13,14). The topological polar surface area (TPSA) is 42.7 Å². The molecule has 82 valence electrons. The molecule has 1 saturated carbocycles. The average Bonchev–Trinajstić information content (AvgIpc) is 2.82. The maximum absolute atomic E-state index is 4.64. The van der Waals surface area contributed by atoms with Gasteiger partial charge in [-0.05, 0) is 18.8 Å². The van der Waals surface area contributed by atoms with Gasteiger partial charge in [-0.3, -0.25) is 0 Å². The third-order valence-electron chi connectivity index (χ3n) is 3.62. The Morgan fingerprint density at radius 1 is 1.40 bits per heavy atom. The second-order valence-electron chi connectivity index (χ2n) is 5.03. The van der Waals surface area contributed by atoms with Crippen molar-refractivity contribution in [3.05, 3.63) is 5.82 Å².